The summed E-state index contributed by atoms with van der Waals surface area (Å²) >= 11 is 3.38. The molecule has 0 aliphatic heterocycles. The molecule has 0 saturated heterocycles. The lowest BCUT2D eigenvalue weighted by atomic mass is 10.2. The second kappa shape index (κ2) is 6.52. The van der Waals surface area contributed by atoms with Crippen LogP contribution in [0.25, 0.3) is 0 Å². The van der Waals surface area contributed by atoms with Gasteiger partial charge in [-0.25, -0.2) is 4.98 Å². The summed E-state index contributed by atoms with van der Waals surface area (Å²) in [4.78, 5) is 16.3. The van der Waals surface area contributed by atoms with E-state index < -0.39 is 0 Å². The number of rotatable bonds is 4. The number of nitrogens with one attached hydrogen (secondary N) is 1. The van der Waals surface area contributed by atoms with Crippen molar-refractivity contribution in [2.24, 2.45) is 0 Å². The van der Waals surface area contributed by atoms with Crippen LogP contribution >= 0.6 is 15.9 Å². The predicted octanol–water partition coefficient (Wildman–Crippen LogP) is 3.80. The monoisotopic (exact) mass is 334 g/mol. The lowest BCUT2D eigenvalue weighted by molar-refractivity contribution is 0.102. The Morgan fingerprint density at radius 3 is 2.90 bits per heavy atom. The van der Waals surface area contributed by atoms with Crippen LogP contribution in [0.15, 0.2) is 41.0 Å². The van der Waals surface area contributed by atoms with Crippen LogP contribution in [0.1, 0.15) is 22.8 Å². The SMILES string of the molecule is CCOc1cccc(C(=O)Nc2cc(C)c(Br)cn2)c1. The fraction of sp³-hybridized carbons (Fsp3) is 0.200. The average Bonchev–Trinajstić information content (AvgIpc) is 2.43. The molecule has 104 valence electrons. The minimum Gasteiger partial charge on any atom is -0.494 e. The van der Waals surface area contributed by atoms with E-state index in [1.165, 1.54) is 0 Å². The first-order valence-corrected chi connectivity index (χ1v) is 7.06. The molecule has 0 aliphatic rings. The maximum Gasteiger partial charge on any atom is 0.256 e. The summed E-state index contributed by atoms with van der Waals surface area (Å²) in [5, 5.41) is 2.77. The third-order valence-electron chi connectivity index (χ3n) is 2.70. The lowest BCUT2D eigenvalue weighted by Gasteiger charge is -2.08. The number of carbonyl (C=O) groups excluding carboxylic acids is 1. The number of ether oxygens (including phenoxy) is 1. The van der Waals surface area contributed by atoms with E-state index in [0.717, 1.165) is 10.0 Å². The van der Waals surface area contributed by atoms with Crippen molar-refractivity contribution in [2.45, 2.75) is 13.8 Å². The number of aromatic nitrogens is 1. The van der Waals surface area contributed by atoms with Gasteiger partial charge >= 0.3 is 0 Å². The third kappa shape index (κ3) is 3.57. The number of amides is 1. The largest absolute Gasteiger partial charge is 0.494 e. The molecule has 0 bridgehead atoms. The highest BCUT2D eigenvalue weighted by Gasteiger charge is 2.08. The highest BCUT2D eigenvalue weighted by atomic mass is 79.9. The van der Waals surface area contributed by atoms with Gasteiger partial charge in [0.25, 0.3) is 5.91 Å². The van der Waals surface area contributed by atoms with Crippen molar-refractivity contribution < 1.29 is 9.53 Å². The van der Waals surface area contributed by atoms with Crippen LogP contribution in [0.4, 0.5) is 5.82 Å². The molecule has 1 aromatic heterocycles. The quantitative estimate of drug-likeness (QED) is 0.925. The molecule has 0 radical (unpaired) electrons. The standard InChI is InChI=1S/C15H15BrN2O2/c1-3-20-12-6-4-5-11(8-12)15(19)18-14-7-10(2)13(16)9-17-14/h4-9H,3H2,1-2H3,(H,17,18,19). The summed E-state index contributed by atoms with van der Waals surface area (Å²) in [5.41, 5.74) is 1.55. The highest BCUT2D eigenvalue weighted by molar-refractivity contribution is 9.10. The molecular weight excluding hydrogens is 320 g/mol. The van der Waals surface area contributed by atoms with Crippen molar-refractivity contribution in [2.75, 3.05) is 11.9 Å². The van der Waals surface area contributed by atoms with Gasteiger partial charge in [0.15, 0.2) is 0 Å². The molecule has 20 heavy (non-hydrogen) atoms. The van der Waals surface area contributed by atoms with Gasteiger partial charge in [0.1, 0.15) is 11.6 Å². The number of anilines is 1. The lowest BCUT2D eigenvalue weighted by Crippen LogP contribution is -2.13. The molecule has 2 rings (SSSR count). The summed E-state index contributed by atoms with van der Waals surface area (Å²) in [7, 11) is 0. The number of hydrogen-bond donors (Lipinski definition) is 1. The molecule has 0 spiro atoms. The van der Waals surface area contributed by atoms with Crippen molar-refractivity contribution in [3.05, 3.63) is 52.1 Å². The van der Waals surface area contributed by atoms with Crippen molar-refractivity contribution in [3.63, 3.8) is 0 Å². The van der Waals surface area contributed by atoms with Crippen molar-refractivity contribution in [1.29, 1.82) is 0 Å². The minimum atomic E-state index is -0.208. The van der Waals surface area contributed by atoms with Crippen LogP contribution in [0.2, 0.25) is 0 Å². The number of nitrogens with zero attached hydrogens (tertiary/aromatic N) is 1. The number of carbonyl (C=O) groups is 1. The Hall–Kier alpha value is -1.88. The first kappa shape index (κ1) is 14.5. The molecule has 0 saturated carbocycles. The number of pyridine rings is 1. The number of benzene rings is 1. The van der Waals surface area contributed by atoms with Crippen LogP contribution in [0, 0.1) is 6.92 Å². The molecule has 4 nitrogen and oxygen atoms in total. The van der Waals surface area contributed by atoms with E-state index in [0.29, 0.717) is 23.7 Å². The van der Waals surface area contributed by atoms with Gasteiger partial charge in [-0.05, 0) is 59.6 Å². The smallest absolute Gasteiger partial charge is 0.256 e. The number of hydrogen-bond acceptors (Lipinski definition) is 3. The van der Waals surface area contributed by atoms with Crippen LogP contribution in [0.3, 0.4) is 0 Å². The summed E-state index contributed by atoms with van der Waals surface area (Å²) in [6.07, 6.45) is 1.67. The topological polar surface area (TPSA) is 51.2 Å². The molecule has 0 aliphatic carbocycles. The Balaban J connectivity index is 2.15. The number of halogens is 1. The predicted molar refractivity (Wildman–Crippen MR) is 82.2 cm³/mol. The van der Waals surface area contributed by atoms with Gasteiger partial charge in [0.05, 0.1) is 6.61 Å². The maximum atomic E-state index is 12.1. The van der Waals surface area contributed by atoms with E-state index >= 15 is 0 Å². The van der Waals surface area contributed by atoms with E-state index in [1.807, 2.05) is 26.0 Å². The molecule has 0 fully saturated rings. The fourth-order valence-corrected chi connectivity index (χ4v) is 1.91. The van der Waals surface area contributed by atoms with Gasteiger partial charge in [0, 0.05) is 16.2 Å². The van der Waals surface area contributed by atoms with Gasteiger partial charge in [-0.15, -0.1) is 0 Å². The third-order valence-corrected chi connectivity index (χ3v) is 3.53. The first-order chi connectivity index (χ1) is 9.60. The summed E-state index contributed by atoms with van der Waals surface area (Å²) in [6, 6.07) is 8.88. The van der Waals surface area contributed by atoms with Crippen LogP contribution in [-0.4, -0.2) is 17.5 Å². The Kier molecular flexibility index (Phi) is 4.74. The van der Waals surface area contributed by atoms with Gasteiger partial charge in [0.2, 0.25) is 0 Å². The normalized spacial score (nSPS) is 10.2. The Bertz CT molecular complexity index is 629. The maximum absolute atomic E-state index is 12.1. The van der Waals surface area contributed by atoms with E-state index in [1.54, 1.807) is 24.4 Å². The summed E-state index contributed by atoms with van der Waals surface area (Å²) in [5.74, 6) is 0.999. The van der Waals surface area contributed by atoms with Gasteiger partial charge in [-0.2, -0.15) is 0 Å². The zero-order valence-corrected chi connectivity index (χ0v) is 12.9. The van der Waals surface area contributed by atoms with Gasteiger partial charge < -0.3 is 10.1 Å². The molecule has 2 aromatic rings. The summed E-state index contributed by atoms with van der Waals surface area (Å²) in [6.45, 7) is 4.41. The zero-order chi connectivity index (χ0) is 14.5. The van der Waals surface area contributed by atoms with E-state index in [-0.39, 0.29) is 5.91 Å². The molecule has 0 unspecified atom stereocenters. The molecule has 0 atom stereocenters. The number of aryl methyl sites for hydroxylation is 1. The molecule has 1 N–H and O–H groups in total. The first-order valence-electron chi connectivity index (χ1n) is 6.26. The molecular formula is C15H15BrN2O2. The minimum absolute atomic E-state index is 0.208. The van der Waals surface area contributed by atoms with Gasteiger partial charge in [-0.1, -0.05) is 6.07 Å². The van der Waals surface area contributed by atoms with E-state index in [9.17, 15) is 4.79 Å². The van der Waals surface area contributed by atoms with E-state index in [2.05, 4.69) is 26.2 Å². The molecule has 1 amide bonds. The van der Waals surface area contributed by atoms with Crippen molar-refractivity contribution in [1.82, 2.24) is 4.98 Å². The zero-order valence-electron chi connectivity index (χ0n) is 11.3. The van der Waals surface area contributed by atoms with Gasteiger partial charge in [-0.3, -0.25) is 4.79 Å². The molecule has 5 heteroatoms. The second-order valence-electron chi connectivity index (χ2n) is 4.23. The Labute approximate surface area is 126 Å². The Morgan fingerprint density at radius 1 is 1.40 bits per heavy atom. The Morgan fingerprint density at radius 2 is 2.20 bits per heavy atom. The fourth-order valence-electron chi connectivity index (χ4n) is 1.69. The molecule has 1 heterocycles. The van der Waals surface area contributed by atoms with E-state index in [4.69, 9.17) is 4.74 Å². The molecule has 1 aromatic carbocycles. The van der Waals surface area contributed by atoms with Crippen molar-refractivity contribution >= 4 is 27.7 Å². The van der Waals surface area contributed by atoms with Crippen LogP contribution < -0.4 is 10.1 Å². The highest BCUT2D eigenvalue weighted by Crippen LogP contribution is 2.18. The second-order valence-corrected chi connectivity index (χ2v) is 5.09. The van der Waals surface area contributed by atoms with Crippen LogP contribution in [-0.2, 0) is 0 Å². The summed E-state index contributed by atoms with van der Waals surface area (Å²) < 4.78 is 6.29. The van der Waals surface area contributed by atoms with Crippen LogP contribution in [0.5, 0.6) is 5.75 Å². The van der Waals surface area contributed by atoms with Crippen molar-refractivity contribution in [3.8, 4) is 5.75 Å². The average molecular weight is 335 g/mol.